The van der Waals surface area contributed by atoms with Gasteiger partial charge < -0.3 is 10.2 Å². The van der Waals surface area contributed by atoms with Gasteiger partial charge in [0.25, 0.3) is 5.91 Å². The third-order valence-corrected chi connectivity index (χ3v) is 5.91. The van der Waals surface area contributed by atoms with Gasteiger partial charge in [-0.05, 0) is 63.4 Å². The SMILES string of the molecule is CC(C)N1CCCC(CNC(=O)c2ccc(S(=O)(=O)C(F)F)cc2)C1. The third kappa shape index (κ3) is 4.98. The minimum absolute atomic E-state index is 0.254. The van der Waals surface area contributed by atoms with E-state index in [0.29, 0.717) is 18.5 Å². The lowest BCUT2D eigenvalue weighted by molar-refractivity contribution is 0.0922. The molecule has 0 radical (unpaired) electrons. The van der Waals surface area contributed by atoms with Gasteiger partial charge >= 0.3 is 5.76 Å². The molecule has 0 saturated carbocycles. The summed E-state index contributed by atoms with van der Waals surface area (Å²) in [5, 5.41) is 2.85. The Morgan fingerprint density at radius 2 is 1.92 bits per heavy atom. The second-order valence-electron chi connectivity index (χ2n) is 6.64. The molecule has 1 unspecified atom stereocenters. The van der Waals surface area contributed by atoms with E-state index in [1.54, 1.807) is 0 Å². The number of amides is 1. The quantitative estimate of drug-likeness (QED) is 0.831. The number of nitrogens with one attached hydrogen (secondary N) is 1. The fourth-order valence-corrected chi connectivity index (χ4v) is 3.69. The zero-order valence-corrected chi connectivity index (χ0v) is 15.2. The Balaban J connectivity index is 1.93. The number of halogens is 2. The van der Waals surface area contributed by atoms with Crippen molar-refractivity contribution in [2.75, 3.05) is 19.6 Å². The minimum atomic E-state index is -4.63. The second kappa shape index (κ2) is 8.23. The van der Waals surface area contributed by atoms with Crippen LogP contribution in [0.25, 0.3) is 0 Å². The first-order valence-electron chi connectivity index (χ1n) is 8.36. The van der Waals surface area contributed by atoms with Crippen molar-refractivity contribution in [1.29, 1.82) is 0 Å². The molecule has 1 aromatic rings. The van der Waals surface area contributed by atoms with E-state index in [9.17, 15) is 22.0 Å². The van der Waals surface area contributed by atoms with E-state index < -0.39 is 20.5 Å². The first-order valence-corrected chi connectivity index (χ1v) is 9.91. The summed E-state index contributed by atoms with van der Waals surface area (Å²) in [6.45, 7) is 6.84. The fraction of sp³-hybridized carbons (Fsp3) is 0.588. The van der Waals surface area contributed by atoms with E-state index in [-0.39, 0.29) is 11.5 Å². The van der Waals surface area contributed by atoms with Crippen LogP contribution in [0.15, 0.2) is 29.2 Å². The molecule has 0 aliphatic carbocycles. The van der Waals surface area contributed by atoms with E-state index in [1.165, 1.54) is 12.1 Å². The Morgan fingerprint density at radius 3 is 2.48 bits per heavy atom. The van der Waals surface area contributed by atoms with Crippen molar-refractivity contribution < 1.29 is 22.0 Å². The van der Waals surface area contributed by atoms with E-state index in [0.717, 1.165) is 38.1 Å². The first kappa shape index (κ1) is 19.8. The monoisotopic (exact) mass is 374 g/mol. The van der Waals surface area contributed by atoms with Gasteiger partial charge in [0.05, 0.1) is 4.90 Å². The molecule has 0 bridgehead atoms. The summed E-state index contributed by atoms with van der Waals surface area (Å²) in [6.07, 6.45) is 2.15. The molecule has 5 nitrogen and oxygen atoms in total. The highest BCUT2D eigenvalue weighted by Crippen LogP contribution is 2.19. The van der Waals surface area contributed by atoms with Gasteiger partial charge in [-0.3, -0.25) is 4.79 Å². The lowest BCUT2D eigenvalue weighted by Gasteiger charge is -2.35. The molecule has 1 aromatic carbocycles. The zero-order chi connectivity index (χ0) is 18.6. The smallest absolute Gasteiger partial charge is 0.341 e. The molecule has 1 atom stereocenters. The molecule has 1 saturated heterocycles. The standard InChI is InChI=1S/C17H24F2N2O3S/c1-12(2)21-9-3-4-13(11-21)10-20-16(22)14-5-7-15(8-6-14)25(23,24)17(18)19/h5-8,12-13,17H,3-4,9-11H2,1-2H3,(H,20,22). The van der Waals surface area contributed by atoms with Crippen molar-refractivity contribution in [3.8, 4) is 0 Å². The summed E-state index contributed by atoms with van der Waals surface area (Å²) in [4.78, 5) is 14.1. The van der Waals surface area contributed by atoms with Gasteiger partial charge in [0, 0.05) is 24.7 Å². The summed E-state index contributed by atoms with van der Waals surface area (Å²) < 4.78 is 47.8. The number of alkyl halides is 2. The van der Waals surface area contributed by atoms with Gasteiger partial charge in [0.1, 0.15) is 0 Å². The van der Waals surface area contributed by atoms with Gasteiger partial charge in [-0.1, -0.05) is 0 Å². The van der Waals surface area contributed by atoms with Crippen LogP contribution in [0.2, 0.25) is 0 Å². The number of piperidine rings is 1. The highest BCUT2D eigenvalue weighted by Gasteiger charge is 2.26. The zero-order valence-electron chi connectivity index (χ0n) is 14.4. The Morgan fingerprint density at radius 1 is 1.28 bits per heavy atom. The Hall–Kier alpha value is -1.54. The van der Waals surface area contributed by atoms with Crippen molar-refractivity contribution in [3.63, 3.8) is 0 Å². The maximum atomic E-state index is 12.5. The molecular weight excluding hydrogens is 350 g/mol. The maximum Gasteiger partial charge on any atom is 0.341 e. The van der Waals surface area contributed by atoms with Crippen LogP contribution in [0.1, 0.15) is 37.0 Å². The molecule has 1 fully saturated rings. The number of rotatable bonds is 6. The minimum Gasteiger partial charge on any atom is -0.352 e. The Kier molecular flexibility index (Phi) is 6.51. The van der Waals surface area contributed by atoms with Crippen molar-refractivity contribution >= 4 is 15.7 Å². The molecule has 1 amide bonds. The van der Waals surface area contributed by atoms with E-state index in [4.69, 9.17) is 0 Å². The van der Waals surface area contributed by atoms with Crippen LogP contribution >= 0.6 is 0 Å². The van der Waals surface area contributed by atoms with E-state index in [2.05, 4.69) is 24.1 Å². The number of nitrogens with zero attached hydrogens (tertiary/aromatic N) is 1. The molecule has 2 rings (SSSR count). The highest BCUT2D eigenvalue weighted by molar-refractivity contribution is 7.91. The molecule has 8 heteroatoms. The van der Waals surface area contributed by atoms with Crippen LogP contribution in [-0.2, 0) is 9.84 Å². The molecule has 1 aliphatic rings. The predicted molar refractivity (Wildman–Crippen MR) is 91.4 cm³/mol. The molecule has 0 aromatic heterocycles. The number of benzene rings is 1. The molecule has 1 N–H and O–H groups in total. The average molecular weight is 374 g/mol. The van der Waals surface area contributed by atoms with Gasteiger partial charge in [0.15, 0.2) is 0 Å². The molecular formula is C17H24F2N2O3S. The van der Waals surface area contributed by atoms with Crippen LogP contribution < -0.4 is 5.32 Å². The van der Waals surface area contributed by atoms with Crippen LogP contribution in [-0.4, -0.2) is 50.7 Å². The second-order valence-corrected chi connectivity index (χ2v) is 8.55. The van der Waals surface area contributed by atoms with E-state index in [1.807, 2.05) is 0 Å². The molecule has 1 heterocycles. The maximum absolute atomic E-state index is 12.5. The highest BCUT2D eigenvalue weighted by atomic mass is 32.2. The fourth-order valence-electron chi connectivity index (χ4n) is 2.97. The van der Waals surface area contributed by atoms with Crippen LogP contribution in [0.4, 0.5) is 8.78 Å². The average Bonchev–Trinajstić information content (AvgIpc) is 2.59. The van der Waals surface area contributed by atoms with Crippen molar-refractivity contribution in [1.82, 2.24) is 10.2 Å². The summed E-state index contributed by atoms with van der Waals surface area (Å²) >= 11 is 0. The first-order chi connectivity index (χ1) is 11.7. The molecule has 25 heavy (non-hydrogen) atoms. The van der Waals surface area contributed by atoms with Gasteiger partial charge in [-0.2, -0.15) is 8.78 Å². The van der Waals surface area contributed by atoms with Gasteiger partial charge in [-0.15, -0.1) is 0 Å². The largest absolute Gasteiger partial charge is 0.352 e. The number of hydrogen-bond donors (Lipinski definition) is 1. The summed E-state index contributed by atoms with van der Waals surface area (Å²) in [7, 11) is -4.63. The topological polar surface area (TPSA) is 66.5 Å². The molecule has 1 aliphatic heterocycles. The van der Waals surface area contributed by atoms with Crippen molar-refractivity contribution in [3.05, 3.63) is 29.8 Å². The number of carbonyl (C=O) groups excluding carboxylic acids is 1. The normalized spacial score (nSPS) is 19.4. The van der Waals surface area contributed by atoms with Crippen LogP contribution in [0, 0.1) is 5.92 Å². The molecule has 0 spiro atoms. The molecule has 140 valence electrons. The number of carbonyl (C=O) groups is 1. The Labute approximate surface area is 147 Å². The lowest BCUT2D eigenvalue weighted by Crippen LogP contribution is -2.43. The van der Waals surface area contributed by atoms with Crippen molar-refractivity contribution in [2.45, 2.75) is 43.4 Å². The van der Waals surface area contributed by atoms with Crippen molar-refractivity contribution in [2.24, 2.45) is 5.92 Å². The number of likely N-dealkylation sites (tertiary alicyclic amines) is 1. The summed E-state index contributed by atoms with van der Waals surface area (Å²) in [6, 6.07) is 5.06. The van der Waals surface area contributed by atoms with Crippen LogP contribution in [0.3, 0.4) is 0 Å². The van der Waals surface area contributed by atoms with Gasteiger partial charge in [-0.25, -0.2) is 8.42 Å². The Bertz CT molecular complexity index is 690. The van der Waals surface area contributed by atoms with Crippen LogP contribution in [0.5, 0.6) is 0 Å². The number of sulfone groups is 1. The predicted octanol–water partition coefficient (Wildman–Crippen LogP) is 2.53. The third-order valence-electron chi connectivity index (χ3n) is 4.51. The lowest BCUT2D eigenvalue weighted by atomic mass is 9.97. The summed E-state index contributed by atoms with van der Waals surface area (Å²) in [5.41, 5.74) is 0.254. The van der Waals surface area contributed by atoms with E-state index >= 15 is 0 Å². The summed E-state index contributed by atoms with van der Waals surface area (Å²) in [5.74, 6) is -3.43. The van der Waals surface area contributed by atoms with Gasteiger partial charge in [0.2, 0.25) is 9.84 Å². The number of hydrogen-bond acceptors (Lipinski definition) is 4.